The Labute approximate surface area is 184 Å². The van der Waals surface area contributed by atoms with Crippen LogP contribution < -0.4 is 20.1 Å². The molecular formula is C24H19N3O3S. The molecule has 1 aliphatic rings. The predicted octanol–water partition coefficient (Wildman–Crippen LogP) is 4.70. The standard InChI is InChI=1S/C24H19N3O3S/c25-13-18(15-26-14-17-10-11-21-22(12-17)30-16-29-21)24(28)27-20-8-4-5-9-23(20)31-19-6-2-1-3-7-19/h1-12,15,26H,14,16H2,(H,27,28)/b18-15-. The molecule has 1 heterocycles. The summed E-state index contributed by atoms with van der Waals surface area (Å²) in [6.07, 6.45) is 1.42. The van der Waals surface area contributed by atoms with Gasteiger partial charge in [-0.25, -0.2) is 0 Å². The number of para-hydroxylation sites is 1. The monoisotopic (exact) mass is 429 g/mol. The number of nitriles is 1. The maximum Gasteiger partial charge on any atom is 0.267 e. The number of carbonyl (C=O) groups is 1. The molecule has 154 valence electrons. The van der Waals surface area contributed by atoms with E-state index in [1.54, 1.807) is 11.8 Å². The van der Waals surface area contributed by atoms with Crippen LogP contribution in [0.15, 0.2) is 94.4 Å². The Morgan fingerprint density at radius 2 is 1.81 bits per heavy atom. The number of nitrogens with zero attached hydrogens (tertiary/aromatic N) is 1. The molecule has 0 spiro atoms. The molecule has 3 aromatic carbocycles. The summed E-state index contributed by atoms with van der Waals surface area (Å²) in [6, 6.07) is 25.0. The zero-order chi connectivity index (χ0) is 21.5. The molecule has 0 aliphatic carbocycles. The van der Waals surface area contributed by atoms with Crippen molar-refractivity contribution in [3.63, 3.8) is 0 Å². The Hall–Kier alpha value is -3.89. The van der Waals surface area contributed by atoms with Gasteiger partial charge in [0, 0.05) is 22.5 Å². The van der Waals surface area contributed by atoms with E-state index in [1.165, 1.54) is 6.20 Å². The van der Waals surface area contributed by atoms with E-state index in [-0.39, 0.29) is 12.4 Å². The second-order valence-corrected chi connectivity index (χ2v) is 7.72. The minimum atomic E-state index is -0.471. The van der Waals surface area contributed by atoms with Gasteiger partial charge in [0.15, 0.2) is 11.5 Å². The Morgan fingerprint density at radius 1 is 1.03 bits per heavy atom. The molecule has 1 amide bonds. The molecule has 0 unspecified atom stereocenters. The van der Waals surface area contributed by atoms with Gasteiger partial charge in [-0.15, -0.1) is 0 Å². The normalized spacial score (nSPS) is 12.2. The fraction of sp³-hybridized carbons (Fsp3) is 0.0833. The number of benzene rings is 3. The molecule has 7 heteroatoms. The first kappa shape index (κ1) is 20.4. The maximum absolute atomic E-state index is 12.7. The van der Waals surface area contributed by atoms with Crippen molar-refractivity contribution in [2.45, 2.75) is 16.3 Å². The minimum absolute atomic E-state index is 0.0137. The van der Waals surface area contributed by atoms with Crippen molar-refractivity contribution >= 4 is 23.4 Å². The van der Waals surface area contributed by atoms with E-state index >= 15 is 0 Å². The lowest BCUT2D eigenvalue weighted by Crippen LogP contribution is -2.17. The van der Waals surface area contributed by atoms with Crippen LogP contribution >= 0.6 is 11.8 Å². The number of fused-ring (bicyclic) bond motifs is 1. The van der Waals surface area contributed by atoms with Crippen molar-refractivity contribution in [2.24, 2.45) is 0 Å². The lowest BCUT2D eigenvalue weighted by Gasteiger charge is -2.10. The first-order chi connectivity index (χ1) is 15.2. The van der Waals surface area contributed by atoms with Gasteiger partial charge in [0.25, 0.3) is 5.91 Å². The summed E-state index contributed by atoms with van der Waals surface area (Å²) in [5.74, 6) is 0.930. The third-order valence-electron chi connectivity index (χ3n) is 4.46. The van der Waals surface area contributed by atoms with Gasteiger partial charge in [-0.3, -0.25) is 4.79 Å². The zero-order valence-electron chi connectivity index (χ0n) is 16.5. The van der Waals surface area contributed by atoms with Crippen molar-refractivity contribution in [2.75, 3.05) is 12.1 Å². The van der Waals surface area contributed by atoms with Gasteiger partial charge in [0.1, 0.15) is 11.6 Å². The van der Waals surface area contributed by atoms with E-state index in [2.05, 4.69) is 10.6 Å². The van der Waals surface area contributed by atoms with Gasteiger partial charge in [-0.05, 0) is 42.0 Å². The SMILES string of the molecule is N#C/C(=C/NCc1ccc2c(c1)OCO2)C(=O)Nc1ccccc1Sc1ccccc1. The fourth-order valence-electron chi connectivity index (χ4n) is 2.93. The predicted molar refractivity (Wildman–Crippen MR) is 119 cm³/mol. The number of amides is 1. The Morgan fingerprint density at radius 3 is 2.65 bits per heavy atom. The lowest BCUT2D eigenvalue weighted by atomic mass is 10.2. The number of rotatable bonds is 7. The second kappa shape index (κ2) is 9.74. The highest BCUT2D eigenvalue weighted by Crippen LogP contribution is 2.34. The third kappa shape index (κ3) is 5.18. The Balaban J connectivity index is 1.40. The summed E-state index contributed by atoms with van der Waals surface area (Å²) in [6.45, 7) is 0.657. The smallest absolute Gasteiger partial charge is 0.267 e. The van der Waals surface area contributed by atoms with Crippen LogP contribution in [0.1, 0.15) is 5.56 Å². The Kier molecular flexibility index (Phi) is 6.41. The van der Waals surface area contributed by atoms with E-state index in [0.29, 0.717) is 23.7 Å². The highest BCUT2D eigenvalue weighted by Gasteiger charge is 2.14. The van der Waals surface area contributed by atoms with Crippen LogP contribution in [-0.2, 0) is 11.3 Å². The molecule has 0 fully saturated rings. The number of nitrogens with one attached hydrogen (secondary N) is 2. The van der Waals surface area contributed by atoms with Crippen molar-refractivity contribution in [3.8, 4) is 17.6 Å². The minimum Gasteiger partial charge on any atom is -0.454 e. The quantitative estimate of drug-likeness (QED) is 0.418. The molecule has 2 N–H and O–H groups in total. The van der Waals surface area contributed by atoms with Crippen LogP contribution in [-0.4, -0.2) is 12.7 Å². The summed E-state index contributed by atoms with van der Waals surface area (Å²) in [5.41, 5.74) is 1.58. The molecular weight excluding hydrogens is 410 g/mol. The van der Waals surface area contributed by atoms with E-state index in [4.69, 9.17) is 9.47 Å². The molecule has 3 aromatic rings. The van der Waals surface area contributed by atoms with E-state index in [0.717, 1.165) is 15.4 Å². The molecule has 0 aromatic heterocycles. The topological polar surface area (TPSA) is 83.4 Å². The Bertz CT molecular complexity index is 1160. The number of hydrogen-bond acceptors (Lipinski definition) is 6. The highest BCUT2D eigenvalue weighted by molar-refractivity contribution is 7.99. The molecule has 1 aliphatic heterocycles. The van der Waals surface area contributed by atoms with Gasteiger partial charge in [0.2, 0.25) is 6.79 Å². The second-order valence-electron chi connectivity index (χ2n) is 6.60. The largest absolute Gasteiger partial charge is 0.454 e. The molecule has 0 atom stereocenters. The number of anilines is 1. The van der Waals surface area contributed by atoms with E-state index in [1.807, 2.05) is 78.9 Å². The molecule has 0 bridgehead atoms. The van der Waals surface area contributed by atoms with E-state index < -0.39 is 5.91 Å². The van der Waals surface area contributed by atoms with Crippen LogP contribution in [0.25, 0.3) is 0 Å². The average Bonchev–Trinajstić information content (AvgIpc) is 3.27. The van der Waals surface area contributed by atoms with Gasteiger partial charge in [-0.2, -0.15) is 5.26 Å². The summed E-state index contributed by atoms with van der Waals surface area (Å²) < 4.78 is 10.7. The number of ether oxygens (including phenoxy) is 2. The van der Waals surface area contributed by atoms with Gasteiger partial charge < -0.3 is 20.1 Å². The molecule has 31 heavy (non-hydrogen) atoms. The number of carbonyl (C=O) groups excluding carboxylic acids is 1. The van der Waals surface area contributed by atoms with E-state index in [9.17, 15) is 10.1 Å². The third-order valence-corrected chi connectivity index (χ3v) is 5.54. The first-order valence-electron chi connectivity index (χ1n) is 9.58. The molecule has 4 rings (SSSR count). The van der Waals surface area contributed by atoms with Crippen LogP contribution in [0.4, 0.5) is 5.69 Å². The fourth-order valence-corrected chi connectivity index (χ4v) is 3.86. The average molecular weight is 430 g/mol. The first-order valence-corrected chi connectivity index (χ1v) is 10.4. The summed E-state index contributed by atoms with van der Waals surface area (Å²) in [5, 5.41) is 15.3. The van der Waals surface area contributed by atoms with Crippen molar-refractivity contribution in [1.82, 2.24) is 5.32 Å². The number of hydrogen-bond donors (Lipinski definition) is 2. The molecule has 6 nitrogen and oxygen atoms in total. The maximum atomic E-state index is 12.7. The zero-order valence-corrected chi connectivity index (χ0v) is 17.3. The van der Waals surface area contributed by atoms with Crippen LogP contribution in [0.5, 0.6) is 11.5 Å². The summed E-state index contributed by atoms with van der Waals surface area (Å²) >= 11 is 1.55. The van der Waals surface area contributed by atoms with Crippen LogP contribution in [0.2, 0.25) is 0 Å². The van der Waals surface area contributed by atoms with Crippen LogP contribution in [0.3, 0.4) is 0 Å². The van der Waals surface area contributed by atoms with Gasteiger partial charge in [-0.1, -0.05) is 48.2 Å². The van der Waals surface area contributed by atoms with Crippen molar-refractivity contribution in [3.05, 3.63) is 90.1 Å². The van der Waals surface area contributed by atoms with Crippen LogP contribution in [0, 0.1) is 11.3 Å². The summed E-state index contributed by atoms with van der Waals surface area (Å²) in [4.78, 5) is 14.6. The highest BCUT2D eigenvalue weighted by atomic mass is 32.2. The summed E-state index contributed by atoms with van der Waals surface area (Å²) in [7, 11) is 0. The van der Waals surface area contributed by atoms with Gasteiger partial charge >= 0.3 is 0 Å². The van der Waals surface area contributed by atoms with Crippen molar-refractivity contribution in [1.29, 1.82) is 5.26 Å². The van der Waals surface area contributed by atoms with Crippen molar-refractivity contribution < 1.29 is 14.3 Å². The lowest BCUT2D eigenvalue weighted by molar-refractivity contribution is -0.112. The molecule has 0 radical (unpaired) electrons. The molecule has 0 saturated heterocycles. The molecule has 0 saturated carbocycles. The van der Waals surface area contributed by atoms with Gasteiger partial charge in [0.05, 0.1) is 5.69 Å².